The van der Waals surface area contributed by atoms with Crippen LogP contribution in [0.5, 0.6) is 0 Å². The molecule has 1 aliphatic heterocycles. The second-order valence-electron chi connectivity index (χ2n) is 4.24. The topological polar surface area (TPSA) is 81.4 Å². The number of nitrogens with one attached hydrogen (secondary N) is 1. The summed E-state index contributed by atoms with van der Waals surface area (Å²) in [5, 5.41) is 0.130. The zero-order chi connectivity index (χ0) is 13.2. The van der Waals surface area contributed by atoms with Crippen LogP contribution < -0.4 is 10.5 Å². The van der Waals surface area contributed by atoms with Gasteiger partial charge in [0.2, 0.25) is 10.0 Å². The fraction of sp³-hybridized carbons (Fsp3) is 0.455. The molecule has 1 saturated heterocycles. The highest BCUT2D eigenvalue weighted by molar-refractivity contribution is 7.89. The summed E-state index contributed by atoms with van der Waals surface area (Å²) < 4.78 is 31.9. The van der Waals surface area contributed by atoms with E-state index in [0.29, 0.717) is 19.8 Å². The Morgan fingerprint density at radius 1 is 1.50 bits per heavy atom. The van der Waals surface area contributed by atoms with Crippen molar-refractivity contribution < 1.29 is 13.2 Å². The highest BCUT2D eigenvalue weighted by Crippen LogP contribution is 2.27. The van der Waals surface area contributed by atoms with Crippen LogP contribution in [-0.2, 0) is 14.8 Å². The molecule has 100 valence electrons. The van der Waals surface area contributed by atoms with Gasteiger partial charge in [0.05, 0.1) is 17.3 Å². The zero-order valence-corrected chi connectivity index (χ0v) is 11.3. The standard InChI is InChI=1S/C11H15ClN2O3S/c12-9-2-1-3-10(13)11(9)18(15,16)14-6-8-4-5-17-7-8/h1-3,8,14H,4-7,13H2. The van der Waals surface area contributed by atoms with Gasteiger partial charge in [-0.15, -0.1) is 0 Å². The van der Waals surface area contributed by atoms with Crippen molar-refractivity contribution in [2.45, 2.75) is 11.3 Å². The fourth-order valence-electron chi connectivity index (χ4n) is 1.85. The summed E-state index contributed by atoms with van der Waals surface area (Å²) in [4.78, 5) is -0.0504. The lowest BCUT2D eigenvalue weighted by atomic mass is 10.1. The monoisotopic (exact) mass is 290 g/mol. The van der Waals surface area contributed by atoms with Crippen LogP contribution in [0.2, 0.25) is 5.02 Å². The Kier molecular flexibility index (Phi) is 4.11. The number of benzene rings is 1. The minimum Gasteiger partial charge on any atom is -0.398 e. The molecule has 0 spiro atoms. The molecule has 0 radical (unpaired) electrons. The number of hydrogen-bond acceptors (Lipinski definition) is 4. The highest BCUT2D eigenvalue weighted by atomic mass is 35.5. The molecule has 1 aliphatic rings. The van der Waals surface area contributed by atoms with Gasteiger partial charge in [-0.3, -0.25) is 0 Å². The van der Waals surface area contributed by atoms with E-state index in [-0.39, 0.29) is 21.5 Å². The molecule has 5 nitrogen and oxygen atoms in total. The number of ether oxygens (including phenoxy) is 1. The molecular formula is C11H15ClN2O3S. The van der Waals surface area contributed by atoms with Gasteiger partial charge in [0.25, 0.3) is 0 Å². The minimum atomic E-state index is -3.67. The second kappa shape index (κ2) is 5.44. The van der Waals surface area contributed by atoms with E-state index in [2.05, 4.69) is 4.72 Å². The maximum atomic E-state index is 12.1. The maximum absolute atomic E-state index is 12.1. The number of hydrogen-bond donors (Lipinski definition) is 2. The first-order chi connectivity index (χ1) is 8.50. The zero-order valence-electron chi connectivity index (χ0n) is 9.73. The van der Waals surface area contributed by atoms with Crippen molar-refractivity contribution >= 4 is 27.3 Å². The summed E-state index contributed by atoms with van der Waals surface area (Å²) in [7, 11) is -3.67. The van der Waals surface area contributed by atoms with E-state index >= 15 is 0 Å². The smallest absolute Gasteiger partial charge is 0.244 e. The Morgan fingerprint density at radius 3 is 2.89 bits per heavy atom. The van der Waals surface area contributed by atoms with Crippen LogP contribution in [0, 0.1) is 5.92 Å². The van der Waals surface area contributed by atoms with Crippen molar-refractivity contribution in [2.75, 3.05) is 25.5 Å². The van der Waals surface area contributed by atoms with E-state index in [1.807, 2.05) is 0 Å². The van der Waals surface area contributed by atoms with Crippen LogP contribution in [0.1, 0.15) is 6.42 Å². The summed E-state index contributed by atoms with van der Waals surface area (Å²) in [6.07, 6.45) is 0.862. The fourth-order valence-corrected chi connectivity index (χ4v) is 3.64. The predicted molar refractivity (Wildman–Crippen MR) is 70.0 cm³/mol. The Balaban J connectivity index is 2.15. The molecule has 3 N–H and O–H groups in total. The Morgan fingerprint density at radius 2 is 2.28 bits per heavy atom. The van der Waals surface area contributed by atoms with Crippen LogP contribution in [0.4, 0.5) is 5.69 Å². The van der Waals surface area contributed by atoms with Crippen LogP contribution in [-0.4, -0.2) is 28.2 Å². The average Bonchev–Trinajstić information content (AvgIpc) is 2.78. The molecule has 2 rings (SSSR count). The van der Waals surface area contributed by atoms with Crippen LogP contribution in [0.3, 0.4) is 0 Å². The molecule has 1 aromatic carbocycles. The van der Waals surface area contributed by atoms with E-state index < -0.39 is 10.0 Å². The van der Waals surface area contributed by atoms with Crippen molar-refractivity contribution in [3.63, 3.8) is 0 Å². The van der Waals surface area contributed by atoms with Gasteiger partial charge in [0.15, 0.2) is 0 Å². The molecule has 1 heterocycles. The summed E-state index contributed by atoms with van der Waals surface area (Å²) >= 11 is 5.89. The summed E-state index contributed by atoms with van der Waals surface area (Å²) in [6, 6.07) is 4.63. The van der Waals surface area contributed by atoms with Gasteiger partial charge in [-0.1, -0.05) is 17.7 Å². The number of nitrogen functional groups attached to an aromatic ring is 1. The summed E-state index contributed by atoms with van der Waals surface area (Å²) in [5.41, 5.74) is 5.81. The molecule has 18 heavy (non-hydrogen) atoms. The molecule has 1 atom stereocenters. The SMILES string of the molecule is Nc1cccc(Cl)c1S(=O)(=O)NCC1CCOC1. The predicted octanol–water partition coefficient (Wildman–Crippen LogP) is 1.24. The lowest BCUT2D eigenvalue weighted by Crippen LogP contribution is -2.30. The molecule has 1 aromatic rings. The Bertz CT molecular complexity index is 507. The van der Waals surface area contributed by atoms with Gasteiger partial charge in [-0.2, -0.15) is 0 Å². The van der Waals surface area contributed by atoms with E-state index in [9.17, 15) is 8.42 Å². The van der Waals surface area contributed by atoms with Crippen molar-refractivity contribution in [3.05, 3.63) is 23.2 Å². The van der Waals surface area contributed by atoms with Crippen molar-refractivity contribution in [2.24, 2.45) is 5.92 Å². The van der Waals surface area contributed by atoms with Gasteiger partial charge in [0, 0.05) is 13.2 Å². The van der Waals surface area contributed by atoms with Gasteiger partial charge < -0.3 is 10.5 Å². The maximum Gasteiger partial charge on any atom is 0.244 e. The third-order valence-corrected chi connectivity index (χ3v) is 4.82. The van der Waals surface area contributed by atoms with Crippen LogP contribution in [0.15, 0.2) is 23.1 Å². The second-order valence-corrected chi connectivity index (χ2v) is 6.35. The molecular weight excluding hydrogens is 276 g/mol. The lowest BCUT2D eigenvalue weighted by Gasteiger charge is -2.12. The van der Waals surface area contributed by atoms with Crippen LogP contribution in [0.25, 0.3) is 0 Å². The molecule has 1 unspecified atom stereocenters. The first kappa shape index (κ1) is 13.6. The van der Waals surface area contributed by atoms with Crippen molar-refractivity contribution in [1.29, 1.82) is 0 Å². The molecule has 0 aromatic heterocycles. The highest BCUT2D eigenvalue weighted by Gasteiger charge is 2.23. The first-order valence-corrected chi connectivity index (χ1v) is 7.48. The molecule has 7 heteroatoms. The van der Waals surface area contributed by atoms with E-state index in [1.165, 1.54) is 12.1 Å². The van der Waals surface area contributed by atoms with Crippen molar-refractivity contribution in [3.8, 4) is 0 Å². The molecule has 0 saturated carbocycles. The Hall–Kier alpha value is -0.820. The lowest BCUT2D eigenvalue weighted by molar-refractivity contribution is 0.186. The van der Waals surface area contributed by atoms with Gasteiger partial charge in [-0.05, 0) is 24.5 Å². The molecule has 0 amide bonds. The van der Waals surface area contributed by atoms with E-state index in [4.69, 9.17) is 22.1 Å². The number of nitrogens with two attached hydrogens (primary N) is 1. The quantitative estimate of drug-likeness (QED) is 0.818. The summed E-state index contributed by atoms with van der Waals surface area (Å²) in [6.45, 7) is 1.61. The van der Waals surface area contributed by atoms with Gasteiger partial charge in [-0.25, -0.2) is 13.1 Å². The molecule has 1 fully saturated rings. The third kappa shape index (κ3) is 2.95. The number of anilines is 1. The Labute approximate surface area is 111 Å². The first-order valence-electron chi connectivity index (χ1n) is 5.62. The molecule has 0 bridgehead atoms. The number of sulfonamides is 1. The van der Waals surface area contributed by atoms with Crippen LogP contribution >= 0.6 is 11.6 Å². The average molecular weight is 291 g/mol. The van der Waals surface area contributed by atoms with Crippen molar-refractivity contribution in [1.82, 2.24) is 4.72 Å². The van der Waals surface area contributed by atoms with E-state index in [1.54, 1.807) is 6.07 Å². The summed E-state index contributed by atoms with van der Waals surface area (Å²) in [5.74, 6) is 0.212. The van der Waals surface area contributed by atoms with Gasteiger partial charge in [0.1, 0.15) is 4.90 Å². The largest absolute Gasteiger partial charge is 0.398 e. The minimum absolute atomic E-state index is 0.0504. The third-order valence-electron chi connectivity index (χ3n) is 2.85. The van der Waals surface area contributed by atoms with E-state index in [0.717, 1.165) is 6.42 Å². The number of halogens is 1. The molecule has 0 aliphatic carbocycles. The normalized spacial score (nSPS) is 20.2. The number of rotatable bonds is 4. The van der Waals surface area contributed by atoms with Gasteiger partial charge >= 0.3 is 0 Å².